The zero-order valence-corrected chi connectivity index (χ0v) is 8.10. The molecule has 2 nitrogen and oxygen atoms in total. The van der Waals surface area contributed by atoms with Gasteiger partial charge in [-0.25, -0.2) is 0 Å². The minimum atomic E-state index is 0.302. The van der Waals surface area contributed by atoms with Gasteiger partial charge in [-0.3, -0.25) is 3.93 Å². The smallest absolute Gasteiger partial charge is 0.181 e. The first-order chi connectivity index (χ1) is 5.22. The fraction of sp³-hybridized carbons (Fsp3) is 0. The van der Waals surface area contributed by atoms with Crippen LogP contribution in [0, 0.1) is 0 Å². The molecule has 11 heavy (non-hydrogen) atoms. The molecule has 0 bridgehead atoms. The van der Waals surface area contributed by atoms with Crippen LogP contribution in [0.4, 0.5) is 5.69 Å². The monoisotopic (exact) mass is 230 g/mol. The van der Waals surface area contributed by atoms with Crippen LogP contribution in [0.25, 0.3) is 0 Å². The lowest BCUT2D eigenvalue weighted by Gasteiger charge is -2.12. The van der Waals surface area contributed by atoms with Crippen LogP contribution in [-0.4, -0.2) is 5.11 Å². The molecule has 0 aromatic heterocycles. The molecule has 0 aliphatic carbocycles. The Morgan fingerprint density at radius 3 is 2.36 bits per heavy atom. The van der Waals surface area contributed by atoms with Crippen molar-refractivity contribution in [2.75, 3.05) is 3.93 Å². The topological polar surface area (TPSA) is 29.3 Å². The van der Waals surface area contributed by atoms with Crippen LogP contribution in [0.3, 0.4) is 0 Å². The average Bonchev–Trinajstić information content (AvgIpc) is 2.05. The number of para-hydroxylation sites is 1. The summed E-state index contributed by atoms with van der Waals surface area (Å²) in [4.78, 5) is 0. The Labute approximate surface area is 79.3 Å². The average molecular weight is 231 g/mol. The van der Waals surface area contributed by atoms with Gasteiger partial charge in [0.2, 0.25) is 0 Å². The Morgan fingerprint density at radius 1 is 1.36 bits per heavy atom. The maximum atomic E-state index is 5.38. The molecule has 0 atom stereocenters. The van der Waals surface area contributed by atoms with Gasteiger partial charge in [-0.2, -0.15) is 0 Å². The second-order valence-electron chi connectivity index (χ2n) is 1.95. The summed E-state index contributed by atoms with van der Waals surface area (Å²) in [6.45, 7) is 0. The number of thiocarbonyl (C=S) groups is 1. The van der Waals surface area contributed by atoms with E-state index in [1.54, 1.807) is 3.93 Å². The molecule has 58 valence electrons. The number of hydrogen-bond donors (Lipinski definition) is 1. The molecule has 0 saturated carbocycles. The third kappa shape index (κ3) is 2.17. The minimum Gasteiger partial charge on any atom is -0.375 e. The van der Waals surface area contributed by atoms with E-state index in [0.29, 0.717) is 5.11 Å². The van der Waals surface area contributed by atoms with Gasteiger partial charge in [-0.15, -0.1) is 0 Å². The predicted molar refractivity (Wildman–Crippen MR) is 54.6 cm³/mol. The van der Waals surface area contributed by atoms with Crippen LogP contribution in [0.5, 0.6) is 0 Å². The lowest BCUT2D eigenvalue weighted by Crippen LogP contribution is -2.25. The number of hydrogen-bond acceptors (Lipinski definition) is 1. The van der Waals surface area contributed by atoms with Crippen LogP contribution in [0.15, 0.2) is 30.3 Å². The normalized spacial score (nSPS) is 9.18. The molecule has 0 aliphatic rings. The maximum absolute atomic E-state index is 5.38. The quantitative estimate of drug-likeness (QED) is 0.592. The van der Waals surface area contributed by atoms with E-state index in [4.69, 9.17) is 18.0 Å². The second-order valence-corrected chi connectivity index (χ2v) is 3.08. The van der Waals surface area contributed by atoms with Crippen molar-refractivity contribution in [3.8, 4) is 0 Å². The molecule has 1 aromatic carbocycles. The lowest BCUT2D eigenvalue weighted by molar-refractivity contribution is 1.52. The number of rotatable bonds is 1. The highest BCUT2D eigenvalue weighted by Gasteiger charge is 2.02. The van der Waals surface area contributed by atoms with Gasteiger partial charge >= 0.3 is 0 Å². The molecule has 0 heterocycles. The van der Waals surface area contributed by atoms with Gasteiger partial charge in [0.25, 0.3) is 0 Å². The van der Waals surface area contributed by atoms with E-state index in [0.717, 1.165) is 5.69 Å². The van der Waals surface area contributed by atoms with Crippen LogP contribution >= 0.6 is 28.4 Å². The maximum Gasteiger partial charge on any atom is 0.181 e. The summed E-state index contributed by atoms with van der Waals surface area (Å²) in [5.74, 6) is 0. The van der Waals surface area contributed by atoms with Crippen molar-refractivity contribution in [3.63, 3.8) is 0 Å². The first-order valence-electron chi connectivity index (χ1n) is 3.02. The highest BCUT2D eigenvalue weighted by atomic mass is 79.9. The van der Waals surface area contributed by atoms with Crippen molar-refractivity contribution in [2.24, 2.45) is 5.73 Å². The third-order valence-corrected chi connectivity index (χ3v) is 2.39. The summed E-state index contributed by atoms with van der Waals surface area (Å²) in [6, 6.07) is 9.59. The summed E-state index contributed by atoms with van der Waals surface area (Å²) >= 11 is 7.97. The Bertz CT molecular complexity index is 250. The molecule has 1 rings (SSSR count). The first-order valence-corrected chi connectivity index (χ1v) is 4.14. The molecular weight excluding hydrogens is 224 g/mol. The molecule has 0 fully saturated rings. The van der Waals surface area contributed by atoms with E-state index in [1.165, 1.54) is 0 Å². The van der Waals surface area contributed by atoms with Crippen molar-refractivity contribution in [1.82, 2.24) is 0 Å². The van der Waals surface area contributed by atoms with Crippen molar-refractivity contribution >= 4 is 39.2 Å². The van der Waals surface area contributed by atoms with Crippen LogP contribution in [0.1, 0.15) is 0 Å². The molecule has 0 saturated heterocycles. The second kappa shape index (κ2) is 3.69. The molecule has 0 spiro atoms. The van der Waals surface area contributed by atoms with Gasteiger partial charge in [0.05, 0.1) is 21.8 Å². The summed E-state index contributed by atoms with van der Waals surface area (Å²) in [6.07, 6.45) is 0. The molecule has 0 radical (unpaired) electrons. The first kappa shape index (κ1) is 8.49. The van der Waals surface area contributed by atoms with Crippen molar-refractivity contribution in [1.29, 1.82) is 0 Å². The fourth-order valence-electron chi connectivity index (χ4n) is 0.686. The van der Waals surface area contributed by atoms with Crippen LogP contribution in [0.2, 0.25) is 0 Å². The molecule has 4 heteroatoms. The molecule has 0 amide bonds. The summed E-state index contributed by atoms with van der Waals surface area (Å²) in [5, 5.41) is 0.302. The third-order valence-electron chi connectivity index (χ3n) is 1.18. The van der Waals surface area contributed by atoms with E-state index in [1.807, 2.05) is 30.3 Å². The van der Waals surface area contributed by atoms with Gasteiger partial charge in [0.15, 0.2) is 5.11 Å². The molecule has 1 aromatic rings. The van der Waals surface area contributed by atoms with E-state index in [2.05, 4.69) is 16.1 Å². The minimum absolute atomic E-state index is 0.302. The van der Waals surface area contributed by atoms with Gasteiger partial charge in [-0.1, -0.05) is 18.2 Å². The Balaban J connectivity index is 2.85. The number of nitrogens with two attached hydrogens (primary N) is 1. The summed E-state index contributed by atoms with van der Waals surface area (Å²) in [5.41, 5.74) is 6.31. The van der Waals surface area contributed by atoms with Crippen molar-refractivity contribution in [2.45, 2.75) is 0 Å². The lowest BCUT2D eigenvalue weighted by atomic mass is 10.3. The predicted octanol–water partition coefficient (Wildman–Crippen LogP) is 2.05. The zero-order valence-electron chi connectivity index (χ0n) is 5.70. The Morgan fingerprint density at radius 2 is 1.91 bits per heavy atom. The van der Waals surface area contributed by atoms with Crippen molar-refractivity contribution < 1.29 is 0 Å². The molecule has 0 unspecified atom stereocenters. The van der Waals surface area contributed by atoms with Crippen LogP contribution < -0.4 is 9.66 Å². The zero-order chi connectivity index (χ0) is 8.27. The molecular formula is C7H7BrN2S. The van der Waals surface area contributed by atoms with E-state index in [-0.39, 0.29) is 0 Å². The number of anilines is 1. The van der Waals surface area contributed by atoms with Crippen LogP contribution in [-0.2, 0) is 0 Å². The standard InChI is InChI=1S/C7H7BrN2S/c8-10(7(9)11)6-4-2-1-3-5-6/h1-5H,(H2,9,11). The SMILES string of the molecule is NC(=S)N(Br)c1ccccc1. The molecule has 0 aliphatic heterocycles. The van der Waals surface area contributed by atoms with E-state index in [9.17, 15) is 0 Å². The van der Waals surface area contributed by atoms with E-state index >= 15 is 0 Å². The number of benzene rings is 1. The highest BCUT2D eigenvalue weighted by Crippen LogP contribution is 2.15. The molecule has 2 N–H and O–H groups in total. The largest absolute Gasteiger partial charge is 0.375 e. The van der Waals surface area contributed by atoms with Crippen molar-refractivity contribution in [3.05, 3.63) is 30.3 Å². The summed E-state index contributed by atoms with van der Waals surface area (Å²) < 4.78 is 1.57. The van der Waals surface area contributed by atoms with Gasteiger partial charge < -0.3 is 5.73 Å². The van der Waals surface area contributed by atoms with Gasteiger partial charge in [-0.05, 0) is 24.4 Å². The number of halogens is 1. The van der Waals surface area contributed by atoms with E-state index < -0.39 is 0 Å². The number of nitrogens with zero attached hydrogens (tertiary/aromatic N) is 1. The Hall–Kier alpha value is -0.610. The van der Waals surface area contributed by atoms with Gasteiger partial charge in [0.1, 0.15) is 0 Å². The fourth-order valence-corrected chi connectivity index (χ4v) is 1.03. The Kier molecular flexibility index (Phi) is 2.84. The van der Waals surface area contributed by atoms with Gasteiger partial charge in [0, 0.05) is 0 Å². The summed E-state index contributed by atoms with van der Waals surface area (Å²) in [7, 11) is 0. The highest BCUT2D eigenvalue weighted by molar-refractivity contribution is 9.10.